The molecular formula is C21H27BrN4O3. The van der Waals surface area contributed by atoms with Gasteiger partial charge in [0.15, 0.2) is 5.69 Å². The fraction of sp³-hybridized carbons (Fsp3) is 0.476. The van der Waals surface area contributed by atoms with Crippen molar-refractivity contribution in [2.24, 2.45) is 0 Å². The monoisotopic (exact) mass is 462 g/mol. The van der Waals surface area contributed by atoms with Gasteiger partial charge in [-0.2, -0.15) is 5.10 Å². The highest BCUT2D eigenvalue weighted by Gasteiger charge is 2.28. The number of carbonyl (C=O) groups excluding carboxylic acids is 2. The highest BCUT2D eigenvalue weighted by Crippen LogP contribution is 2.28. The summed E-state index contributed by atoms with van der Waals surface area (Å²) < 4.78 is 7.81. The average Bonchev–Trinajstić information content (AvgIpc) is 3.10. The lowest BCUT2D eigenvalue weighted by Crippen LogP contribution is -2.39. The summed E-state index contributed by atoms with van der Waals surface area (Å²) in [6.45, 7) is 1.13. The third-order valence-electron chi connectivity index (χ3n) is 5.01. The standard InChI is InChI=1S/C21H27BrN4O3/c1-25(14-19(27)23-11-6-12-29-2)21(28)20-17-9-3-4-10-18(17)26(24-20)16-8-5-7-15(22)13-16/h5,7-8,13H,3-4,6,9-12,14H2,1-2H3,(H,23,27). The number of amides is 2. The number of methoxy groups -OCH3 is 1. The molecule has 2 amide bonds. The molecule has 0 unspecified atom stereocenters. The van der Waals surface area contributed by atoms with Crippen molar-refractivity contribution in [3.63, 3.8) is 0 Å². The van der Waals surface area contributed by atoms with E-state index in [0.717, 1.165) is 53.5 Å². The number of hydrogen-bond acceptors (Lipinski definition) is 4. The normalized spacial score (nSPS) is 13.1. The fourth-order valence-electron chi connectivity index (χ4n) is 3.56. The highest BCUT2D eigenvalue weighted by molar-refractivity contribution is 9.10. The summed E-state index contributed by atoms with van der Waals surface area (Å²) in [5.41, 5.74) is 3.48. The van der Waals surface area contributed by atoms with E-state index in [1.54, 1.807) is 14.2 Å². The van der Waals surface area contributed by atoms with Gasteiger partial charge in [0.05, 0.1) is 12.2 Å². The van der Waals surface area contributed by atoms with Crippen molar-refractivity contribution in [1.29, 1.82) is 0 Å². The number of fused-ring (bicyclic) bond motifs is 1. The van der Waals surface area contributed by atoms with Gasteiger partial charge in [0.1, 0.15) is 0 Å². The van der Waals surface area contributed by atoms with E-state index in [1.165, 1.54) is 4.90 Å². The zero-order valence-electron chi connectivity index (χ0n) is 16.9. The number of rotatable bonds is 8. The Morgan fingerprint density at radius 1 is 1.31 bits per heavy atom. The minimum absolute atomic E-state index is 0.00430. The predicted molar refractivity (Wildman–Crippen MR) is 114 cm³/mol. The highest BCUT2D eigenvalue weighted by atomic mass is 79.9. The van der Waals surface area contributed by atoms with E-state index >= 15 is 0 Å². The Bertz CT molecular complexity index is 881. The van der Waals surface area contributed by atoms with Crippen molar-refractivity contribution in [2.75, 3.05) is 33.9 Å². The smallest absolute Gasteiger partial charge is 0.274 e. The lowest BCUT2D eigenvalue weighted by Gasteiger charge is -2.17. The van der Waals surface area contributed by atoms with Crippen LogP contribution in [0.1, 0.15) is 41.0 Å². The first-order valence-corrected chi connectivity index (χ1v) is 10.7. The molecule has 0 atom stereocenters. The number of hydrogen-bond donors (Lipinski definition) is 1. The van der Waals surface area contributed by atoms with Gasteiger partial charge in [-0.15, -0.1) is 0 Å². The summed E-state index contributed by atoms with van der Waals surface area (Å²) in [7, 11) is 3.27. The molecule has 0 radical (unpaired) electrons. The lowest BCUT2D eigenvalue weighted by molar-refractivity contribution is -0.121. The van der Waals surface area contributed by atoms with E-state index in [-0.39, 0.29) is 18.4 Å². The molecule has 0 bridgehead atoms. The van der Waals surface area contributed by atoms with Crippen LogP contribution >= 0.6 is 15.9 Å². The van der Waals surface area contributed by atoms with Crippen LogP contribution in [0.3, 0.4) is 0 Å². The molecule has 0 aliphatic heterocycles. The van der Waals surface area contributed by atoms with Crippen LogP contribution in [0, 0.1) is 0 Å². The summed E-state index contributed by atoms with van der Waals surface area (Å²) in [6.07, 6.45) is 4.60. The number of nitrogens with one attached hydrogen (secondary N) is 1. The minimum atomic E-state index is -0.219. The van der Waals surface area contributed by atoms with Crippen LogP contribution in [0.2, 0.25) is 0 Å². The SMILES string of the molecule is COCCCNC(=O)CN(C)C(=O)c1nn(-c2cccc(Br)c2)c2c1CCCC2. The summed E-state index contributed by atoms with van der Waals surface area (Å²) >= 11 is 3.50. The number of aromatic nitrogens is 2. The number of ether oxygens (including phenoxy) is 1. The zero-order chi connectivity index (χ0) is 20.8. The van der Waals surface area contributed by atoms with Gasteiger partial charge in [-0.25, -0.2) is 4.68 Å². The molecule has 1 N–H and O–H groups in total. The second-order valence-corrected chi connectivity index (χ2v) is 8.15. The van der Waals surface area contributed by atoms with Gasteiger partial charge in [-0.05, 0) is 50.3 Å². The van der Waals surface area contributed by atoms with Crippen molar-refractivity contribution in [2.45, 2.75) is 32.1 Å². The molecule has 1 aliphatic carbocycles. The minimum Gasteiger partial charge on any atom is -0.385 e. The molecule has 8 heteroatoms. The van der Waals surface area contributed by atoms with Crippen LogP contribution in [0.4, 0.5) is 0 Å². The first kappa shape index (κ1) is 21.5. The van der Waals surface area contributed by atoms with Crippen LogP contribution in [-0.4, -0.2) is 60.3 Å². The fourth-order valence-corrected chi connectivity index (χ4v) is 3.95. The predicted octanol–water partition coefficient (Wildman–Crippen LogP) is 2.74. The molecule has 0 spiro atoms. The third kappa shape index (κ3) is 5.25. The molecule has 1 aliphatic rings. The van der Waals surface area contributed by atoms with E-state index in [1.807, 2.05) is 28.9 Å². The van der Waals surface area contributed by atoms with Crippen molar-refractivity contribution in [3.05, 3.63) is 45.7 Å². The van der Waals surface area contributed by atoms with Crippen molar-refractivity contribution in [1.82, 2.24) is 20.0 Å². The van der Waals surface area contributed by atoms with E-state index in [9.17, 15) is 9.59 Å². The first-order valence-electron chi connectivity index (χ1n) is 9.89. The van der Waals surface area contributed by atoms with Gasteiger partial charge in [0.2, 0.25) is 5.91 Å². The van der Waals surface area contributed by atoms with Crippen LogP contribution in [0.5, 0.6) is 0 Å². The van der Waals surface area contributed by atoms with Crippen molar-refractivity contribution >= 4 is 27.7 Å². The molecule has 0 saturated heterocycles. The van der Waals surface area contributed by atoms with Gasteiger partial charge >= 0.3 is 0 Å². The second kappa shape index (κ2) is 10.0. The Kier molecular flexibility index (Phi) is 7.44. The molecule has 0 fully saturated rings. The number of likely N-dealkylation sites (N-methyl/N-ethyl adjacent to an activating group) is 1. The van der Waals surface area contributed by atoms with Gasteiger partial charge in [-0.1, -0.05) is 22.0 Å². The Hall–Kier alpha value is -2.19. The van der Waals surface area contributed by atoms with Gasteiger partial charge in [0, 0.05) is 43.0 Å². The Labute approximate surface area is 179 Å². The Balaban J connectivity index is 1.77. The number of nitrogens with zero attached hydrogens (tertiary/aromatic N) is 3. The lowest BCUT2D eigenvalue weighted by atomic mass is 9.95. The average molecular weight is 463 g/mol. The van der Waals surface area contributed by atoms with E-state index in [0.29, 0.717) is 18.8 Å². The van der Waals surface area contributed by atoms with Gasteiger partial charge in [-0.3, -0.25) is 9.59 Å². The quantitative estimate of drug-likeness (QED) is 0.611. The Morgan fingerprint density at radius 3 is 2.86 bits per heavy atom. The van der Waals surface area contributed by atoms with Crippen molar-refractivity contribution < 1.29 is 14.3 Å². The summed E-state index contributed by atoms with van der Waals surface area (Å²) in [4.78, 5) is 26.6. The molecule has 1 heterocycles. The van der Waals surface area contributed by atoms with Crippen LogP contribution < -0.4 is 5.32 Å². The largest absolute Gasteiger partial charge is 0.385 e. The Morgan fingerprint density at radius 2 is 2.10 bits per heavy atom. The summed E-state index contributed by atoms with van der Waals surface area (Å²) in [5.74, 6) is -0.402. The van der Waals surface area contributed by atoms with Crippen LogP contribution in [0.15, 0.2) is 28.7 Å². The van der Waals surface area contributed by atoms with Crippen LogP contribution in [-0.2, 0) is 22.4 Å². The number of benzene rings is 1. The first-order chi connectivity index (χ1) is 14.0. The van der Waals surface area contributed by atoms with E-state index < -0.39 is 0 Å². The molecule has 156 valence electrons. The maximum Gasteiger partial charge on any atom is 0.274 e. The third-order valence-corrected chi connectivity index (χ3v) is 5.50. The summed E-state index contributed by atoms with van der Waals surface area (Å²) in [5, 5.41) is 7.49. The maximum absolute atomic E-state index is 13.1. The zero-order valence-corrected chi connectivity index (χ0v) is 18.5. The van der Waals surface area contributed by atoms with Gasteiger partial charge < -0.3 is 15.0 Å². The molecule has 29 heavy (non-hydrogen) atoms. The number of halogens is 1. The molecule has 3 rings (SSSR count). The van der Waals surface area contributed by atoms with E-state index in [2.05, 4.69) is 26.3 Å². The molecule has 2 aromatic rings. The number of carbonyl (C=O) groups is 2. The molecule has 1 aromatic carbocycles. The summed E-state index contributed by atoms with van der Waals surface area (Å²) in [6, 6.07) is 7.90. The topological polar surface area (TPSA) is 76.5 Å². The van der Waals surface area contributed by atoms with E-state index in [4.69, 9.17) is 4.74 Å². The molecule has 0 saturated carbocycles. The van der Waals surface area contributed by atoms with Crippen LogP contribution in [0.25, 0.3) is 5.69 Å². The van der Waals surface area contributed by atoms with Gasteiger partial charge in [0.25, 0.3) is 5.91 Å². The molecule has 7 nitrogen and oxygen atoms in total. The second-order valence-electron chi connectivity index (χ2n) is 7.23. The molecular weight excluding hydrogens is 436 g/mol. The van der Waals surface area contributed by atoms with Crippen molar-refractivity contribution in [3.8, 4) is 5.69 Å². The maximum atomic E-state index is 13.1. The molecule has 1 aromatic heterocycles.